The maximum Gasteiger partial charge on any atom is 0.259 e. The van der Waals surface area contributed by atoms with Crippen LogP contribution in [0.4, 0.5) is 0 Å². The predicted octanol–water partition coefficient (Wildman–Crippen LogP) is 8.09. The lowest BCUT2D eigenvalue weighted by molar-refractivity contribution is 0.170. The minimum atomic E-state index is -0.925. The molecular formula is C22H48NO2P. The van der Waals surface area contributed by atoms with Crippen molar-refractivity contribution in [2.75, 3.05) is 13.2 Å². The molecule has 0 aliphatic carbocycles. The number of hydrogen-bond acceptors (Lipinski definition) is 3. The summed E-state index contributed by atoms with van der Waals surface area (Å²) in [4.78, 5) is 0. The van der Waals surface area contributed by atoms with Crippen LogP contribution < -0.4 is 0 Å². The summed E-state index contributed by atoms with van der Waals surface area (Å²) in [6.07, 6.45) is 15.6. The van der Waals surface area contributed by atoms with Gasteiger partial charge >= 0.3 is 0 Å². The molecule has 0 heterocycles. The van der Waals surface area contributed by atoms with Crippen molar-refractivity contribution in [3.8, 4) is 0 Å². The van der Waals surface area contributed by atoms with Gasteiger partial charge in [-0.25, -0.2) is 4.67 Å². The first-order chi connectivity index (χ1) is 12.5. The Balaban J connectivity index is 4.17. The second-order valence-corrected chi connectivity index (χ2v) is 9.46. The fourth-order valence-corrected chi connectivity index (χ4v) is 4.86. The zero-order valence-corrected chi connectivity index (χ0v) is 19.7. The maximum atomic E-state index is 6.25. The highest BCUT2D eigenvalue weighted by atomic mass is 31.2. The van der Waals surface area contributed by atoms with Crippen molar-refractivity contribution in [2.24, 2.45) is 0 Å². The maximum absolute atomic E-state index is 6.25. The Bertz CT molecular complexity index is 261. The molecule has 0 bridgehead atoms. The molecule has 0 aliphatic rings. The van der Waals surface area contributed by atoms with Crippen molar-refractivity contribution in [1.29, 1.82) is 0 Å². The van der Waals surface area contributed by atoms with E-state index in [1.165, 1.54) is 64.2 Å². The van der Waals surface area contributed by atoms with Gasteiger partial charge in [0.1, 0.15) is 0 Å². The first-order valence-electron chi connectivity index (χ1n) is 11.4. The molecule has 0 atom stereocenters. The normalized spacial score (nSPS) is 12.2. The quantitative estimate of drug-likeness (QED) is 0.165. The molecule has 26 heavy (non-hydrogen) atoms. The molecule has 0 rings (SSSR count). The lowest BCUT2D eigenvalue weighted by atomic mass is 10.1. The van der Waals surface area contributed by atoms with Gasteiger partial charge in [0, 0.05) is 12.1 Å². The number of rotatable bonds is 19. The Morgan fingerprint density at radius 3 is 1.27 bits per heavy atom. The Hall–Kier alpha value is 0.310. The molecule has 0 unspecified atom stereocenters. The molecular weight excluding hydrogens is 341 g/mol. The second-order valence-electron chi connectivity index (χ2n) is 8.01. The average molecular weight is 390 g/mol. The molecule has 0 amide bonds. The van der Waals surface area contributed by atoms with Gasteiger partial charge in [0.2, 0.25) is 0 Å². The zero-order chi connectivity index (χ0) is 19.6. The van der Waals surface area contributed by atoms with Crippen molar-refractivity contribution >= 4 is 8.53 Å². The van der Waals surface area contributed by atoms with Crippen molar-refractivity contribution in [1.82, 2.24) is 4.67 Å². The topological polar surface area (TPSA) is 21.7 Å². The average Bonchev–Trinajstić information content (AvgIpc) is 2.59. The SMILES string of the molecule is CCCCCCCCOP(OCCCCCCCC)N(C(C)C)C(C)C. The van der Waals surface area contributed by atoms with Gasteiger partial charge in [-0.3, -0.25) is 0 Å². The largest absolute Gasteiger partial charge is 0.322 e. The summed E-state index contributed by atoms with van der Waals surface area (Å²) in [5.74, 6) is 0. The molecule has 0 fully saturated rings. The van der Waals surface area contributed by atoms with Crippen LogP contribution in [0.2, 0.25) is 0 Å². The van der Waals surface area contributed by atoms with Crippen LogP contribution in [0.1, 0.15) is 119 Å². The van der Waals surface area contributed by atoms with Gasteiger partial charge in [-0.1, -0.05) is 78.1 Å². The molecule has 0 aromatic heterocycles. The zero-order valence-electron chi connectivity index (χ0n) is 18.8. The van der Waals surface area contributed by atoms with Gasteiger partial charge in [0.05, 0.1) is 13.2 Å². The molecule has 158 valence electrons. The summed E-state index contributed by atoms with van der Waals surface area (Å²) in [6.45, 7) is 15.2. The first-order valence-corrected chi connectivity index (χ1v) is 12.5. The van der Waals surface area contributed by atoms with Crippen LogP contribution in [0.25, 0.3) is 0 Å². The summed E-state index contributed by atoms with van der Waals surface area (Å²) in [6, 6.07) is 0.908. The van der Waals surface area contributed by atoms with Gasteiger partial charge in [0.25, 0.3) is 8.53 Å². The Morgan fingerprint density at radius 1 is 0.577 bits per heavy atom. The Labute approximate surface area is 166 Å². The van der Waals surface area contributed by atoms with Crippen molar-refractivity contribution in [2.45, 2.75) is 131 Å². The van der Waals surface area contributed by atoms with E-state index < -0.39 is 8.53 Å². The van der Waals surface area contributed by atoms with E-state index in [0.29, 0.717) is 12.1 Å². The van der Waals surface area contributed by atoms with Crippen molar-refractivity contribution < 1.29 is 9.05 Å². The third-order valence-electron chi connectivity index (χ3n) is 4.65. The van der Waals surface area contributed by atoms with E-state index in [2.05, 4.69) is 46.2 Å². The summed E-state index contributed by atoms with van der Waals surface area (Å²) in [5, 5.41) is 0. The fourth-order valence-electron chi connectivity index (χ4n) is 3.19. The summed E-state index contributed by atoms with van der Waals surface area (Å²) >= 11 is 0. The third kappa shape index (κ3) is 14.4. The Kier molecular flexibility index (Phi) is 18.9. The molecule has 0 aromatic carbocycles. The van der Waals surface area contributed by atoms with E-state index in [1.807, 2.05) is 0 Å². The molecule has 0 spiro atoms. The second kappa shape index (κ2) is 18.7. The van der Waals surface area contributed by atoms with Crippen LogP contribution >= 0.6 is 8.53 Å². The van der Waals surface area contributed by atoms with Gasteiger partial charge < -0.3 is 9.05 Å². The number of hydrogen-bond donors (Lipinski definition) is 0. The Morgan fingerprint density at radius 2 is 0.923 bits per heavy atom. The van der Waals surface area contributed by atoms with Crippen LogP contribution in [-0.2, 0) is 9.05 Å². The fraction of sp³-hybridized carbons (Fsp3) is 1.00. The van der Waals surface area contributed by atoms with E-state index in [9.17, 15) is 0 Å². The van der Waals surface area contributed by atoms with Gasteiger partial charge in [-0.05, 0) is 40.5 Å². The first kappa shape index (κ1) is 26.3. The van der Waals surface area contributed by atoms with Crippen molar-refractivity contribution in [3.63, 3.8) is 0 Å². The highest BCUT2D eigenvalue weighted by molar-refractivity contribution is 7.44. The standard InChI is InChI=1S/C22H48NO2P/c1-7-9-11-13-15-17-19-24-26(23(21(3)4)22(5)6)25-20-18-16-14-12-10-8-2/h21-22H,7-20H2,1-6H3. The summed E-state index contributed by atoms with van der Waals surface area (Å²) in [5.41, 5.74) is 0. The molecule has 3 nitrogen and oxygen atoms in total. The third-order valence-corrected chi connectivity index (χ3v) is 6.75. The lowest BCUT2D eigenvalue weighted by Gasteiger charge is -2.35. The highest BCUT2D eigenvalue weighted by Crippen LogP contribution is 2.46. The molecule has 4 heteroatoms. The minimum absolute atomic E-state index is 0.454. The predicted molar refractivity (Wildman–Crippen MR) is 118 cm³/mol. The lowest BCUT2D eigenvalue weighted by Crippen LogP contribution is -2.33. The van der Waals surface area contributed by atoms with Crippen molar-refractivity contribution in [3.05, 3.63) is 0 Å². The van der Waals surface area contributed by atoms with Gasteiger partial charge in [0.15, 0.2) is 0 Å². The molecule has 0 radical (unpaired) electrons. The molecule has 0 N–H and O–H groups in total. The van der Waals surface area contributed by atoms with Crippen LogP contribution in [0.5, 0.6) is 0 Å². The smallest absolute Gasteiger partial charge is 0.259 e. The van der Waals surface area contributed by atoms with E-state index in [0.717, 1.165) is 26.1 Å². The van der Waals surface area contributed by atoms with E-state index >= 15 is 0 Å². The van der Waals surface area contributed by atoms with Crippen LogP contribution in [0, 0.1) is 0 Å². The highest BCUT2D eigenvalue weighted by Gasteiger charge is 2.26. The molecule has 0 saturated heterocycles. The molecule has 0 saturated carbocycles. The molecule has 0 aromatic rings. The molecule has 0 aliphatic heterocycles. The van der Waals surface area contributed by atoms with Gasteiger partial charge in [-0.15, -0.1) is 0 Å². The van der Waals surface area contributed by atoms with Crippen LogP contribution in [0.15, 0.2) is 0 Å². The van der Waals surface area contributed by atoms with Gasteiger partial charge in [-0.2, -0.15) is 0 Å². The van der Waals surface area contributed by atoms with Crippen LogP contribution in [0.3, 0.4) is 0 Å². The summed E-state index contributed by atoms with van der Waals surface area (Å²) < 4.78 is 14.9. The monoisotopic (exact) mass is 389 g/mol. The minimum Gasteiger partial charge on any atom is -0.322 e. The number of unbranched alkanes of at least 4 members (excludes halogenated alkanes) is 10. The van der Waals surface area contributed by atoms with Crippen LogP contribution in [-0.4, -0.2) is 30.0 Å². The van der Waals surface area contributed by atoms with E-state index in [-0.39, 0.29) is 0 Å². The number of nitrogens with zero attached hydrogens (tertiary/aromatic N) is 1. The summed E-state index contributed by atoms with van der Waals surface area (Å²) in [7, 11) is -0.925. The van der Waals surface area contributed by atoms with E-state index in [4.69, 9.17) is 9.05 Å². The van der Waals surface area contributed by atoms with E-state index in [1.54, 1.807) is 0 Å².